The average Bonchev–Trinajstić information content (AvgIpc) is 2.86. The number of carbonyl (C=O) groups is 1. The Hall–Kier alpha value is -1.82. The van der Waals surface area contributed by atoms with Crippen LogP contribution in [0.15, 0.2) is 18.3 Å². The average molecular weight is 264 g/mol. The van der Waals surface area contributed by atoms with Gasteiger partial charge in [-0.1, -0.05) is 6.07 Å². The zero-order valence-corrected chi connectivity index (χ0v) is 11.3. The second-order valence-electron chi connectivity index (χ2n) is 4.77. The van der Waals surface area contributed by atoms with Gasteiger partial charge in [-0.3, -0.25) is 0 Å². The Kier molecular flexibility index (Phi) is 4.21. The van der Waals surface area contributed by atoms with Gasteiger partial charge in [-0.2, -0.15) is 0 Å². The second-order valence-corrected chi connectivity index (χ2v) is 4.77. The molecule has 104 valence electrons. The maximum atomic E-state index is 11.2. The van der Waals surface area contributed by atoms with Crippen molar-refractivity contribution in [3.8, 4) is 0 Å². The number of methoxy groups -OCH3 is 1. The fraction of sp³-hybridized carbons (Fsp3) is 0.538. The van der Waals surface area contributed by atoms with Crippen LogP contribution in [0.2, 0.25) is 0 Å². The highest BCUT2D eigenvalue weighted by Gasteiger charge is 2.26. The van der Waals surface area contributed by atoms with Crippen molar-refractivity contribution >= 4 is 11.9 Å². The van der Waals surface area contributed by atoms with Crippen LogP contribution in [0.5, 0.6) is 0 Å². The molecule has 1 amide bonds. The van der Waals surface area contributed by atoms with Crippen LogP contribution in [0.4, 0.5) is 10.6 Å². The molecule has 6 nitrogen and oxygen atoms in total. The lowest BCUT2D eigenvalue weighted by Crippen LogP contribution is -2.37. The Morgan fingerprint density at radius 2 is 2.47 bits per heavy atom. The molecule has 2 unspecified atom stereocenters. The fourth-order valence-corrected chi connectivity index (χ4v) is 2.33. The number of amides is 1. The Morgan fingerprint density at radius 3 is 3.16 bits per heavy atom. The van der Waals surface area contributed by atoms with Crippen molar-refractivity contribution in [3.05, 3.63) is 23.9 Å². The topological polar surface area (TPSA) is 80.5 Å². The zero-order chi connectivity index (χ0) is 13.8. The Labute approximate surface area is 112 Å². The summed E-state index contributed by atoms with van der Waals surface area (Å²) in [6.07, 6.45) is 2.26. The van der Waals surface area contributed by atoms with Gasteiger partial charge < -0.3 is 20.7 Å². The molecule has 1 fully saturated rings. The van der Waals surface area contributed by atoms with Crippen LogP contribution >= 0.6 is 0 Å². The van der Waals surface area contributed by atoms with E-state index >= 15 is 0 Å². The van der Waals surface area contributed by atoms with E-state index in [0.29, 0.717) is 0 Å². The second kappa shape index (κ2) is 5.88. The summed E-state index contributed by atoms with van der Waals surface area (Å²) in [5.41, 5.74) is 6.99. The molecule has 0 spiro atoms. The van der Waals surface area contributed by atoms with Gasteiger partial charge in [-0.15, -0.1) is 0 Å². The quantitative estimate of drug-likeness (QED) is 0.852. The van der Waals surface area contributed by atoms with E-state index in [0.717, 1.165) is 30.9 Å². The maximum Gasteiger partial charge on any atom is 0.407 e. The standard InChI is InChI=1S/C13H20N4O2/c1-9(14)11-4-3-6-15-12(11)17-7-5-10(8-17)16-13(18)19-2/h3-4,6,9-10H,5,7-8,14H2,1-2H3,(H,16,18). The lowest BCUT2D eigenvalue weighted by Gasteiger charge is -2.22. The first kappa shape index (κ1) is 13.6. The minimum Gasteiger partial charge on any atom is -0.453 e. The third kappa shape index (κ3) is 3.14. The molecule has 2 heterocycles. The number of carbonyl (C=O) groups excluding carboxylic acids is 1. The SMILES string of the molecule is COC(=O)NC1CCN(c2ncccc2C(C)N)C1. The number of rotatable bonds is 3. The number of anilines is 1. The Balaban J connectivity index is 2.06. The highest BCUT2D eigenvalue weighted by Crippen LogP contribution is 2.25. The van der Waals surface area contributed by atoms with E-state index in [-0.39, 0.29) is 18.2 Å². The van der Waals surface area contributed by atoms with E-state index in [4.69, 9.17) is 5.73 Å². The van der Waals surface area contributed by atoms with Gasteiger partial charge in [0.1, 0.15) is 5.82 Å². The number of nitrogens with one attached hydrogen (secondary N) is 1. The smallest absolute Gasteiger partial charge is 0.407 e. The molecule has 3 N–H and O–H groups in total. The van der Waals surface area contributed by atoms with Crippen LogP contribution in [0.3, 0.4) is 0 Å². The van der Waals surface area contributed by atoms with Gasteiger partial charge in [-0.25, -0.2) is 9.78 Å². The van der Waals surface area contributed by atoms with Gasteiger partial charge >= 0.3 is 6.09 Å². The maximum absolute atomic E-state index is 11.2. The van der Waals surface area contributed by atoms with E-state index < -0.39 is 0 Å². The summed E-state index contributed by atoms with van der Waals surface area (Å²) in [5.74, 6) is 0.909. The number of hydrogen-bond acceptors (Lipinski definition) is 5. The van der Waals surface area contributed by atoms with Gasteiger partial charge in [-0.05, 0) is 19.4 Å². The lowest BCUT2D eigenvalue weighted by molar-refractivity contribution is 0.167. The van der Waals surface area contributed by atoms with E-state index in [1.807, 2.05) is 19.1 Å². The molecular weight excluding hydrogens is 244 g/mol. The van der Waals surface area contributed by atoms with Crippen molar-refractivity contribution in [1.29, 1.82) is 0 Å². The minimum absolute atomic E-state index is 0.0590. The molecule has 0 radical (unpaired) electrons. The number of aromatic nitrogens is 1. The molecule has 0 aliphatic carbocycles. The van der Waals surface area contributed by atoms with Crippen molar-refractivity contribution in [2.24, 2.45) is 5.73 Å². The molecule has 1 saturated heterocycles. The molecule has 2 rings (SSSR count). The van der Waals surface area contributed by atoms with Crippen molar-refractivity contribution in [3.63, 3.8) is 0 Å². The first-order chi connectivity index (χ1) is 9.11. The van der Waals surface area contributed by atoms with E-state index in [9.17, 15) is 4.79 Å². The molecule has 1 aliphatic heterocycles. The van der Waals surface area contributed by atoms with Gasteiger partial charge in [0.25, 0.3) is 0 Å². The third-order valence-corrected chi connectivity index (χ3v) is 3.30. The molecule has 6 heteroatoms. The summed E-state index contributed by atoms with van der Waals surface area (Å²) in [6.45, 7) is 3.53. The number of alkyl carbamates (subject to hydrolysis) is 1. The van der Waals surface area contributed by atoms with Gasteiger partial charge in [0.2, 0.25) is 0 Å². The summed E-state index contributed by atoms with van der Waals surface area (Å²) in [4.78, 5) is 17.8. The minimum atomic E-state index is -0.389. The molecule has 0 saturated carbocycles. The summed E-state index contributed by atoms with van der Waals surface area (Å²) in [5, 5.41) is 2.82. The van der Waals surface area contributed by atoms with E-state index in [2.05, 4.69) is 19.9 Å². The van der Waals surface area contributed by atoms with E-state index in [1.54, 1.807) is 6.20 Å². The van der Waals surface area contributed by atoms with Gasteiger partial charge in [0, 0.05) is 30.9 Å². The normalized spacial score (nSPS) is 20.2. The molecule has 0 aromatic carbocycles. The van der Waals surface area contributed by atoms with Gasteiger partial charge in [0.15, 0.2) is 0 Å². The number of ether oxygens (including phenoxy) is 1. The molecular formula is C13H20N4O2. The first-order valence-electron chi connectivity index (χ1n) is 6.41. The highest BCUT2D eigenvalue weighted by atomic mass is 16.5. The van der Waals surface area contributed by atoms with Crippen LogP contribution in [0, 0.1) is 0 Å². The van der Waals surface area contributed by atoms with Crippen LogP contribution in [0.25, 0.3) is 0 Å². The third-order valence-electron chi connectivity index (χ3n) is 3.30. The molecule has 1 aromatic rings. The van der Waals surface area contributed by atoms with Crippen LogP contribution < -0.4 is 16.0 Å². The summed E-state index contributed by atoms with van der Waals surface area (Å²) < 4.78 is 4.61. The van der Waals surface area contributed by atoms with Crippen LogP contribution in [-0.4, -0.2) is 37.3 Å². The van der Waals surface area contributed by atoms with Crippen molar-refractivity contribution in [2.75, 3.05) is 25.1 Å². The highest BCUT2D eigenvalue weighted by molar-refractivity contribution is 5.67. The number of pyridine rings is 1. The Morgan fingerprint density at radius 1 is 1.68 bits per heavy atom. The van der Waals surface area contributed by atoms with Crippen LogP contribution in [-0.2, 0) is 4.74 Å². The number of hydrogen-bond donors (Lipinski definition) is 2. The van der Waals surface area contributed by atoms with Crippen molar-refractivity contribution in [1.82, 2.24) is 10.3 Å². The van der Waals surface area contributed by atoms with Crippen LogP contribution in [0.1, 0.15) is 24.9 Å². The largest absolute Gasteiger partial charge is 0.453 e. The van der Waals surface area contributed by atoms with Crippen molar-refractivity contribution < 1.29 is 9.53 Å². The summed E-state index contributed by atoms with van der Waals surface area (Å²) in [6, 6.07) is 3.92. The molecule has 1 aliphatic rings. The Bertz CT molecular complexity index is 450. The zero-order valence-electron chi connectivity index (χ0n) is 11.3. The summed E-state index contributed by atoms with van der Waals surface area (Å²) >= 11 is 0. The molecule has 0 bridgehead atoms. The molecule has 1 aromatic heterocycles. The predicted molar refractivity (Wildman–Crippen MR) is 73.0 cm³/mol. The lowest BCUT2D eigenvalue weighted by atomic mass is 10.1. The first-order valence-corrected chi connectivity index (χ1v) is 6.41. The number of nitrogens with zero attached hydrogens (tertiary/aromatic N) is 2. The molecule has 19 heavy (non-hydrogen) atoms. The number of nitrogens with two attached hydrogens (primary N) is 1. The predicted octanol–water partition coefficient (Wildman–Crippen LogP) is 1.04. The fourth-order valence-electron chi connectivity index (χ4n) is 2.33. The van der Waals surface area contributed by atoms with Gasteiger partial charge in [0.05, 0.1) is 13.2 Å². The van der Waals surface area contributed by atoms with Crippen molar-refractivity contribution in [2.45, 2.75) is 25.4 Å². The monoisotopic (exact) mass is 264 g/mol. The van der Waals surface area contributed by atoms with E-state index in [1.165, 1.54) is 7.11 Å². The summed E-state index contributed by atoms with van der Waals surface area (Å²) in [7, 11) is 1.37. The molecule has 2 atom stereocenters.